The van der Waals surface area contributed by atoms with Gasteiger partial charge in [-0.2, -0.15) is 0 Å². The topological polar surface area (TPSA) is 62.7 Å². The van der Waals surface area contributed by atoms with Gasteiger partial charge in [0.1, 0.15) is 5.82 Å². The molecule has 0 spiro atoms. The number of hydrogen-bond acceptors (Lipinski definition) is 6. The molecule has 2 heterocycles. The number of carbonyl (C=O) groups is 1. The van der Waals surface area contributed by atoms with Crippen LogP contribution < -0.4 is 4.90 Å². The highest BCUT2D eigenvalue weighted by atomic mass is 35.5. The van der Waals surface area contributed by atoms with Crippen LogP contribution in [0.5, 0.6) is 0 Å². The average molecular weight is 429 g/mol. The predicted octanol–water partition coefficient (Wildman–Crippen LogP) is 4.80. The van der Waals surface area contributed by atoms with Gasteiger partial charge >= 0.3 is 5.97 Å². The number of anilines is 1. The fourth-order valence-electron chi connectivity index (χ4n) is 3.30. The highest BCUT2D eigenvalue weighted by Crippen LogP contribution is 2.39. The molecule has 1 N–H and O–H groups in total. The second-order valence-electron chi connectivity index (χ2n) is 7.97. The number of aromatic nitrogens is 1. The maximum atomic E-state index is 12.0. The summed E-state index contributed by atoms with van der Waals surface area (Å²) in [6.45, 7) is 8.55. The van der Waals surface area contributed by atoms with Gasteiger partial charge in [0.05, 0.1) is 24.7 Å². The van der Waals surface area contributed by atoms with Crippen LogP contribution in [-0.2, 0) is 9.53 Å². The van der Waals surface area contributed by atoms with Gasteiger partial charge < -0.3 is 14.7 Å². The second-order valence-corrected chi connectivity index (χ2v) is 9.48. The van der Waals surface area contributed by atoms with E-state index < -0.39 is 0 Å². The van der Waals surface area contributed by atoms with Crippen molar-refractivity contribution in [1.29, 1.82) is 0 Å². The Labute approximate surface area is 178 Å². The minimum absolute atomic E-state index is 0.0780. The summed E-state index contributed by atoms with van der Waals surface area (Å²) in [5.41, 5.74) is -0.0780. The van der Waals surface area contributed by atoms with Crippen molar-refractivity contribution < 1.29 is 14.6 Å². The largest absolute Gasteiger partial charge is 0.465 e. The molecule has 1 aromatic heterocycles. The number of carbonyl (C=O) groups excluding carboxylic acids is 1. The molecule has 0 amide bonds. The lowest BCUT2D eigenvalue weighted by molar-refractivity contribution is -0.144. The Hall–Kier alpha value is -0.980. The molecule has 5 nitrogen and oxygen atoms in total. The van der Waals surface area contributed by atoms with Gasteiger partial charge in [-0.3, -0.25) is 4.79 Å². The van der Waals surface area contributed by atoms with E-state index >= 15 is 0 Å². The Balaban J connectivity index is 1.77. The van der Waals surface area contributed by atoms with Crippen LogP contribution in [0, 0.1) is 11.3 Å². The van der Waals surface area contributed by atoms with Crippen LogP contribution in [0.4, 0.5) is 5.82 Å². The maximum absolute atomic E-state index is 12.0. The van der Waals surface area contributed by atoms with Crippen LogP contribution in [-0.4, -0.2) is 48.1 Å². The number of rotatable bonds is 12. The van der Waals surface area contributed by atoms with Crippen LogP contribution in [0.3, 0.4) is 0 Å². The third kappa shape index (κ3) is 6.53. The molecule has 1 saturated heterocycles. The molecule has 1 aliphatic heterocycles. The zero-order valence-electron chi connectivity index (χ0n) is 17.2. The lowest BCUT2D eigenvalue weighted by Gasteiger charge is -2.48. The molecule has 0 aromatic carbocycles. The van der Waals surface area contributed by atoms with Gasteiger partial charge in [-0.1, -0.05) is 51.6 Å². The first-order valence-electron chi connectivity index (χ1n) is 10.2. The first-order valence-corrected chi connectivity index (χ1v) is 11.6. The van der Waals surface area contributed by atoms with Crippen molar-refractivity contribution in [2.45, 2.75) is 57.8 Å². The number of pyridine rings is 1. The van der Waals surface area contributed by atoms with Crippen LogP contribution in [0.2, 0.25) is 5.02 Å². The number of unbranched alkanes of at least 4 members (excludes halogenated alkanes) is 1. The van der Waals surface area contributed by atoms with Gasteiger partial charge in [0.2, 0.25) is 0 Å². The monoisotopic (exact) mass is 428 g/mol. The summed E-state index contributed by atoms with van der Waals surface area (Å²) in [5, 5.41) is 10.0. The van der Waals surface area contributed by atoms with E-state index in [1.165, 1.54) is 12.8 Å². The standard InChI is InChI=1S/C21H33ClN2O3S/c1-4-6-7-16(5-2)12-27-18(26)9-11-28-17-8-10-23-20(19(17)22)24-13-21(3,14-24)15-25/h8,10,16,25H,4-7,9,11-15H2,1-3H3. The molecule has 1 aliphatic rings. The van der Waals surface area contributed by atoms with Crippen LogP contribution in [0.15, 0.2) is 17.2 Å². The van der Waals surface area contributed by atoms with Crippen molar-refractivity contribution in [1.82, 2.24) is 4.98 Å². The van der Waals surface area contributed by atoms with E-state index in [-0.39, 0.29) is 18.0 Å². The molecular weight excluding hydrogens is 396 g/mol. The first kappa shape index (κ1) is 23.3. The number of nitrogens with zero attached hydrogens (tertiary/aromatic N) is 2. The van der Waals surface area contributed by atoms with E-state index in [4.69, 9.17) is 16.3 Å². The molecular formula is C21H33ClN2O3S. The Kier molecular flexibility index (Phi) is 9.38. The molecule has 0 bridgehead atoms. The smallest absolute Gasteiger partial charge is 0.306 e. The van der Waals surface area contributed by atoms with E-state index in [1.54, 1.807) is 18.0 Å². The maximum Gasteiger partial charge on any atom is 0.306 e. The SMILES string of the molecule is CCCCC(CC)COC(=O)CCSc1ccnc(N2CC(C)(CO)C2)c1Cl. The van der Waals surface area contributed by atoms with E-state index in [2.05, 4.69) is 23.7 Å². The van der Waals surface area contributed by atoms with Crippen molar-refractivity contribution in [2.24, 2.45) is 11.3 Å². The average Bonchev–Trinajstić information content (AvgIpc) is 2.67. The Morgan fingerprint density at radius 3 is 2.86 bits per heavy atom. The van der Waals surface area contributed by atoms with Crippen LogP contribution >= 0.6 is 23.4 Å². The quantitative estimate of drug-likeness (QED) is 0.381. The second kappa shape index (κ2) is 11.3. The summed E-state index contributed by atoms with van der Waals surface area (Å²) in [6.07, 6.45) is 6.64. The number of aliphatic hydroxyl groups excluding tert-OH is 1. The molecule has 28 heavy (non-hydrogen) atoms. The molecule has 0 saturated carbocycles. The zero-order valence-corrected chi connectivity index (χ0v) is 18.8. The number of esters is 1. The molecule has 2 rings (SSSR count). The number of aliphatic hydroxyl groups is 1. The highest BCUT2D eigenvalue weighted by Gasteiger charge is 2.39. The van der Waals surface area contributed by atoms with Crippen molar-refractivity contribution >= 4 is 35.1 Å². The fraction of sp³-hybridized carbons (Fsp3) is 0.714. The summed E-state index contributed by atoms with van der Waals surface area (Å²) >= 11 is 8.09. The molecule has 1 unspecified atom stereocenters. The lowest BCUT2D eigenvalue weighted by atomic mass is 9.83. The van der Waals surface area contributed by atoms with Crippen molar-refractivity contribution in [2.75, 3.05) is 37.0 Å². The number of halogens is 1. The summed E-state index contributed by atoms with van der Waals surface area (Å²) in [7, 11) is 0. The van der Waals surface area contributed by atoms with E-state index in [9.17, 15) is 9.90 Å². The normalized spacial score (nSPS) is 16.5. The van der Waals surface area contributed by atoms with Gasteiger partial charge in [-0.05, 0) is 18.4 Å². The highest BCUT2D eigenvalue weighted by molar-refractivity contribution is 7.99. The summed E-state index contributed by atoms with van der Waals surface area (Å²) < 4.78 is 5.45. The molecule has 1 aromatic rings. The van der Waals surface area contributed by atoms with E-state index in [1.807, 2.05) is 13.0 Å². The number of hydrogen-bond donors (Lipinski definition) is 1. The van der Waals surface area contributed by atoms with Crippen molar-refractivity contribution in [3.63, 3.8) is 0 Å². The van der Waals surface area contributed by atoms with Crippen LogP contribution in [0.1, 0.15) is 52.9 Å². The third-order valence-corrected chi connectivity index (χ3v) is 6.79. The first-order chi connectivity index (χ1) is 13.4. The number of ether oxygens (including phenoxy) is 1. The van der Waals surface area contributed by atoms with Gasteiger partial charge in [0.15, 0.2) is 0 Å². The van der Waals surface area contributed by atoms with Gasteiger partial charge in [0, 0.05) is 35.3 Å². The van der Waals surface area contributed by atoms with Crippen LogP contribution in [0.25, 0.3) is 0 Å². The summed E-state index contributed by atoms with van der Waals surface area (Å²) in [5.74, 6) is 1.70. The van der Waals surface area contributed by atoms with Crippen molar-refractivity contribution in [3.8, 4) is 0 Å². The minimum Gasteiger partial charge on any atom is -0.465 e. The molecule has 1 atom stereocenters. The molecule has 1 fully saturated rings. The predicted molar refractivity (Wildman–Crippen MR) is 116 cm³/mol. The molecule has 0 radical (unpaired) electrons. The molecule has 158 valence electrons. The Morgan fingerprint density at radius 1 is 1.46 bits per heavy atom. The zero-order chi connectivity index (χ0) is 20.6. The third-order valence-electron chi connectivity index (χ3n) is 5.25. The molecule has 0 aliphatic carbocycles. The lowest BCUT2D eigenvalue weighted by Crippen LogP contribution is -2.57. The van der Waals surface area contributed by atoms with E-state index in [0.29, 0.717) is 29.7 Å². The van der Waals surface area contributed by atoms with E-state index in [0.717, 1.165) is 36.6 Å². The summed E-state index contributed by atoms with van der Waals surface area (Å²) in [4.78, 5) is 19.4. The Bertz CT molecular complexity index is 638. The minimum atomic E-state index is -0.144. The van der Waals surface area contributed by atoms with Gasteiger partial charge in [-0.25, -0.2) is 4.98 Å². The van der Waals surface area contributed by atoms with Gasteiger partial charge in [0.25, 0.3) is 0 Å². The molecule has 7 heteroatoms. The summed E-state index contributed by atoms with van der Waals surface area (Å²) in [6, 6.07) is 1.88. The van der Waals surface area contributed by atoms with Crippen molar-refractivity contribution in [3.05, 3.63) is 17.3 Å². The Morgan fingerprint density at radius 2 is 2.21 bits per heavy atom. The fourth-order valence-corrected chi connectivity index (χ4v) is 4.56. The van der Waals surface area contributed by atoms with Gasteiger partial charge in [-0.15, -0.1) is 11.8 Å². The number of thioether (sulfide) groups is 1.